The highest BCUT2D eigenvalue weighted by atomic mass is 35.5. The molecule has 80 valence electrons. The molecule has 6 heteroatoms. The number of anilines is 1. The summed E-state index contributed by atoms with van der Waals surface area (Å²) in [7, 11) is 0. The highest BCUT2D eigenvalue weighted by Crippen LogP contribution is 2.27. The molecule has 1 aromatic rings. The predicted octanol–water partition coefficient (Wildman–Crippen LogP) is 1.83. The van der Waals surface area contributed by atoms with Crippen molar-refractivity contribution in [3.63, 3.8) is 0 Å². The van der Waals surface area contributed by atoms with E-state index in [9.17, 15) is 0 Å². The van der Waals surface area contributed by atoms with Crippen LogP contribution in [0.1, 0.15) is 17.7 Å². The van der Waals surface area contributed by atoms with Crippen molar-refractivity contribution in [1.82, 2.24) is 10.3 Å². The molecule has 0 saturated carbocycles. The number of halogens is 1. The van der Waals surface area contributed by atoms with Gasteiger partial charge in [0.1, 0.15) is 10.9 Å². The van der Waals surface area contributed by atoms with Gasteiger partial charge in [-0.1, -0.05) is 22.9 Å². The maximum Gasteiger partial charge on any atom is 0.185 e. The molecular formula is C9H11ClN4S. The summed E-state index contributed by atoms with van der Waals surface area (Å²) in [4.78, 5) is 4.59. The van der Waals surface area contributed by atoms with Gasteiger partial charge in [0.15, 0.2) is 10.3 Å². The molecule has 2 heterocycles. The molecule has 0 amide bonds. The number of piperidine rings is 1. The van der Waals surface area contributed by atoms with Crippen LogP contribution in [0.15, 0.2) is 0 Å². The number of nitriles is 1. The first-order chi connectivity index (χ1) is 7.29. The van der Waals surface area contributed by atoms with Gasteiger partial charge in [0, 0.05) is 6.04 Å². The van der Waals surface area contributed by atoms with Crippen molar-refractivity contribution in [2.24, 2.45) is 0 Å². The smallest absolute Gasteiger partial charge is 0.185 e. The molecule has 0 radical (unpaired) electrons. The Hall–Kier alpha value is -0.830. The molecule has 1 aromatic heterocycles. The third-order valence-electron chi connectivity index (χ3n) is 2.35. The zero-order chi connectivity index (χ0) is 10.7. The van der Waals surface area contributed by atoms with Crippen molar-refractivity contribution in [3.05, 3.63) is 10.0 Å². The van der Waals surface area contributed by atoms with Crippen molar-refractivity contribution in [2.75, 3.05) is 18.4 Å². The topological polar surface area (TPSA) is 60.7 Å². The van der Waals surface area contributed by atoms with Crippen LogP contribution in [0.3, 0.4) is 0 Å². The third kappa shape index (κ3) is 2.59. The average molecular weight is 243 g/mol. The van der Waals surface area contributed by atoms with E-state index in [4.69, 9.17) is 16.9 Å². The standard InChI is InChI=1S/C9H11ClN4S/c10-8-7(5-11)15-9(14-8)13-6-1-3-12-4-2-6/h6,12H,1-4H2,(H,13,14). The molecule has 1 fully saturated rings. The second kappa shape index (κ2) is 4.79. The Morgan fingerprint density at radius 3 is 2.87 bits per heavy atom. The maximum absolute atomic E-state index is 8.74. The molecule has 0 atom stereocenters. The number of nitrogens with one attached hydrogen (secondary N) is 2. The van der Waals surface area contributed by atoms with Crippen LogP contribution in [0.25, 0.3) is 0 Å². The van der Waals surface area contributed by atoms with Gasteiger partial charge < -0.3 is 10.6 Å². The first kappa shape index (κ1) is 10.7. The van der Waals surface area contributed by atoms with Gasteiger partial charge in [-0.25, -0.2) is 4.98 Å². The molecular weight excluding hydrogens is 232 g/mol. The minimum absolute atomic E-state index is 0.305. The Bertz CT molecular complexity index is 378. The van der Waals surface area contributed by atoms with Gasteiger partial charge in [0.2, 0.25) is 0 Å². The van der Waals surface area contributed by atoms with Crippen LogP contribution in [0.2, 0.25) is 5.15 Å². The lowest BCUT2D eigenvalue weighted by atomic mass is 10.1. The van der Waals surface area contributed by atoms with Gasteiger partial charge in [0.25, 0.3) is 0 Å². The number of aromatic nitrogens is 1. The lowest BCUT2D eigenvalue weighted by Gasteiger charge is -2.23. The number of thiazole rings is 1. The summed E-state index contributed by atoms with van der Waals surface area (Å²) >= 11 is 7.10. The monoisotopic (exact) mass is 242 g/mol. The Balaban J connectivity index is 2.01. The minimum Gasteiger partial charge on any atom is -0.359 e. The Morgan fingerprint density at radius 1 is 1.53 bits per heavy atom. The predicted molar refractivity (Wildman–Crippen MR) is 61.4 cm³/mol. The van der Waals surface area contributed by atoms with Gasteiger partial charge in [-0.15, -0.1) is 0 Å². The molecule has 1 saturated heterocycles. The van der Waals surface area contributed by atoms with Crippen LogP contribution in [-0.4, -0.2) is 24.1 Å². The van der Waals surface area contributed by atoms with Crippen LogP contribution in [0.5, 0.6) is 0 Å². The Kier molecular flexibility index (Phi) is 3.41. The molecule has 0 aromatic carbocycles. The van der Waals surface area contributed by atoms with Crippen molar-refractivity contribution in [3.8, 4) is 6.07 Å². The number of rotatable bonds is 2. The second-order valence-electron chi connectivity index (χ2n) is 3.42. The van der Waals surface area contributed by atoms with E-state index in [-0.39, 0.29) is 0 Å². The highest BCUT2D eigenvalue weighted by molar-refractivity contribution is 7.16. The molecule has 2 N–H and O–H groups in total. The lowest BCUT2D eigenvalue weighted by molar-refractivity contribution is 0.479. The summed E-state index contributed by atoms with van der Waals surface area (Å²) in [5.41, 5.74) is 0. The van der Waals surface area contributed by atoms with Crippen LogP contribution in [0, 0.1) is 11.3 Å². The zero-order valence-electron chi connectivity index (χ0n) is 8.09. The quantitative estimate of drug-likeness (QED) is 0.831. The molecule has 0 unspecified atom stereocenters. The van der Waals surface area contributed by atoms with Crippen molar-refractivity contribution >= 4 is 28.1 Å². The van der Waals surface area contributed by atoms with E-state index >= 15 is 0 Å². The molecule has 1 aliphatic heterocycles. The van der Waals surface area contributed by atoms with Crippen molar-refractivity contribution in [2.45, 2.75) is 18.9 Å². The molecule has 4 nitrogen and oxygen atoms in total. The third-order valence-corrected chi connectivity index (χ3v) is 3.63. The van der Waals surface area contributed by atoms with E-state index in [2.05, 4.69) is 15.6 Å². The fourth-order valence-electron chi connectivity index (χ4n) is 1.57. The fraction of sp³-hybridized carbons (Fsp3) is 0.556. The van der Waals surface area contributed by atoms with Gasteiger partial charge in [-0.2, -0.15) is 5.26 Å². The highest BCUT2D eigenvalue weighted by Gasteiger charge is 2.15. The minimum atomic E-state index is 0.305. The SMILES string of the molecule is N#Cc1sc(NC2CCNCC2)nc1Cl. The van der Waals surface area contributed by atoms with Gasteiger partial charge in [0.05, 0.1) is 0 Å². The Morgan fingerprint density at radius 2 is 2.27 bits per heavy atom. The van der Waals surface area contributed by atoms with E-state index in [1.807, 2.05) is 6.07 Å². The molecule has 2 rings (SSSR count). The van der Waals surface area contributed by atoms with E-state index in [0.29, 0.717) is 16.1 Å². The van der Waals surface area contributed by atoms with E-state index in [0.717, 1.165) is 31.1 Å². The summed E-state index contributed by atoms with van der Waals surface area (Å²) < 4.78 is 0. The molecule has 0 spiro atoms. The van der Waals surface area contributed by atoms with Gasteiger partial charge in [-0.3, -0.25) is 0 Å². The number of hydrogen-bond donors (Lipinski definition) is 2. The van der Waals surface area contributed by atoms with Gasteiger partial charge in [-0.05, 0) is 25.9 Å². The van der Waals surface area contributed by atoms with Crippen molar-refractivity contribution in [1.29, 1.82) is 5.26 Å². The van der Waals surface area contributed by atoms with E-state index in [1.165, 1.54) is 11.3 Å². The van der Waals surface area contributed by atoms with E-state index in [1.54, 1.807) is 0 Å². The molecule has 0 aliphatic carbocycles. The van der Waals surface area contributed by atoms with Crippen LogP contribution in [-0.2, 0) is 0 Å². The van der Waals surface area contributed by atoms with Crippen molar-refractivity contribution < 1.29 is 0 Å². The first-order valence-corrected chi connectivity index (χ1v) is 6.02. The summed E-state index contributed by atoms with van der Waals surface area (Å²) in [6.45, 7) is 2.06. The second-order valence-corrected chi connectivity index (χ2v) is 4.78. The van der Waals surface area contributed by atoms with Crippen LogP contribution < -0.4 is 10.6 Å². The largest absolute Gasteiger partial charge is 0.359 e. The first-order valence-electron chi connectivity index (χ1n) is 4.83. The summed E-state index contributed by atoms with van der Waals surface area (Å²) in [6.07, 6.45) is 2.16. The van der Waals surface area contributed by atoms with E-state index < -0.39 is 0 Å². The number of hydrogen-bond acceptors (Lipinski definition) is 5. The fourth-order valence-corrected chi connectivity index (χ4v) is 2.60. The molecule has 15 heavy (non-hydrogen) atoms. The molecule has 0 bridgehead atoms. The summed E-state index contributed by atoms with van der Waals surface area (Å²) in [5.74, 6) is 0. The molecule has 1 aliphatic rings. The van der Waals surface area contributed by atoms with Crippen LogP contribution in [0.4, 0.5) is 5.13 Å². The summed E-state index contributed by atoms with van der Waals surface area (Å²) in [5, 5.41) is 16.4. The van der Waals surface area contributed by atoms with Crippen LogP contribution >= 0.6 is 22.9 Å². The number of nitrogens with zero attached hydrogens (tertiary/aromatic N) is 2. The Labute approximate surface area is 97.3 Å². The average Bonchev–Trinajstić information content (AvgIpc) is 2.60. The summed E-state index contributed by atoms with van der Waals surface area (Å²) in [6, 6.07) is 2.47. The lowest BCUT2D eigenvalue weighted by Crippen LogP contribution is -2.35. The van der Waals surface area contributed by atoms with Gasteiger partial charge >= 0.3 is 0 Å². The maximum atomic E-state index is 8.74. The normalized spacial score (nSPS) is 17.3. The zero-order valence-corrected chi connectivity index (χ0v) is 9.66.